The van der Waals surface area contributed by atoms with Crippen LogP contribution in [0.2, 0.25) is 0 Å². The largest absolute Gasteiger partial charge is 0.352 e. The number of nitrogens with zero attached hydrogens (tertiary/aromatic N) is 2. The highest BCUT2D eigenvalue weighted by molar-refractivity contribution is 14.0. The number of hydrogen-bond donors (Lipinski definition) is 3. The van der Waals surface area contributed by atoms with Crippen molar-refractivity contribution in [3.63, 3.8) is 0 Å². The Hall–Kier alpha value is -1.68. The second-order valence-corrected chi connectivity index (χ2v) is 6.34. The van der Waals surface area contributed by atoms with Crippen molar-refractivity contribution in [1.82, 2.24) is 15.6 Å². The van der Waals surface area contributed by atoms with Gasteiger partial charge in [-0.1, -0.05) is 12.1 Å². The molecule has 0 aliphatic heterocycles. The van der Waals surface area contributed by atoms with Crippen LogP contribution in [-0.4, -0.2) is 23.9 Å². The summed E-state index contributed by atoms with van der Waals surface area (Å²) in [5.41, 5.74) is 1.85. The third-order valence-corrected chi connectivity index (χ3v) is 3.92. The number of anilines is 1. The molecule has 0 saturated heterocycles. The molecule has 6 nitrogen and oxygen atoms in total. The van der Waals surface area contributed by atoms with Gasteiger partial charge in [0.05, 0.1) is 6.54 Å². The molecule has 2 aromatic rings. The van der Waals surface area contributed by atoms with Gasteiger partial charge in [0.2, 0.25) is 5.91 Å². The van der Waals surface area contributed by atoms with Crippen molar-refractivity contribution in [3.8, 4) is 0 Å². The Bertz CT molecular complexity index is 701. The molecule has 1 heterocycles. The van der Waals surface area contributed by atoms with Crippen LogP contribution in [0.5, 0.6) is 0 Å². The molecule has 1 amide bonds. The van der Waals surface area contributed by atoms with Crippen molar-refractivity contribution in [2.24, 2.45) is 4.99 Å². The summed E-state index contributed by atoms with van der Waals surface area (Å²) in [6.07, 6.45) is 1.87. The first-order valence-corrected chi connectivity index (χ1v) is 8.11. The van der Waals surface area contributed by atoms with E-state index in [0.29, 0.717) is 19.0 Å². The maximum Gasteiger partial charge on any atom is 0.221 e. The fraction of sp³-hybridized carbons (Fsp3) is 0.312. The number of aromatic nitrogens is 1. The van der Waals surface area contributed by atoms with E-state index in [2.05, 4.69) is 25.9 Å². The maximum atomic E-state index is 11.1. The van der Waals surface area contributed by atoms with Gasteiger partial charge < -0.3 is 16.0 Å². The number of aryl methyl sites for hydroxylation is 1. The van der Waals surface area contributed by atoms with Crippen molar-refractivity contribution in [3.05, 3.63) is 45.9 Å². The third kappa shape index (κ3) is 6.83. The van der Waals surface area contributed by atoms with E-state index in [9.17, 15) is 4.79 Å². The monoisotopic (exact) mass is 459 g/mol. The van der Waals surface area contributed by atoms with Gasteiger partial charge >= 0.3 is 0 Å². The van der Waals surface area contributed by atoms with Crippen LogP contribution in [-0.2, 0) is 17.9 Å². The number of guanidine groups is 1. The Labute approximate surface area is 163 Å². The van der Waals surface area contributed by atoms with Crippen molar-refractivity contribution in [2.75, 3.05) is 12.4 Å². The highest BCUT2D eigenvalue weighted by atomic mass is 127. The smallest absolute Gasteiger partial charge is 0.221 e. The van der Waals surface area contributed by atoms with E-state index in [4.69, 9.17) is 0 Å². The van der Waals surface area contributed by atoms with Gasteiger partial charge in [-0.2, -0.15) is 0 Å². The summed E-state index contributed by atoms with van der Waals surface area (Å²) in [6.45, 7) is 4.79. The number of nitrogens with one attached hydrogen (secondary N) is 3. The second-order valence-electron chi connectivity index (χ2n) is 5.03. The second kappa shape index (κ2) is 10.2. The number of hydrogen-bond acceptors (Lipinski definition) is 4. The summed E-state index contributed by atoms with van der Waals surface area (Å²) in [7, 11) is 1.73. The summed E-state index contributed by atoms with van der Waals surface area (Å²) < 4.78 is 0. The lowest BCUT2D eigenvalue weighted by Crippen LogP contribution is -2.36. The van der Waals surface area contributed by atoms with Crippen LogP contribution in [0.3, 0.4) is 0 Å². The molecule has 0 unspecified atom stereocenters. The Balaban J connectivity index is 0.00000288. The summed E-state index contributed by atoms with van der Waals surface area (Å²) in [5, 5.41) is 10.3. The summed E-state index contributed by atoms with van der Waals surface area (Å²) >= 11 is 1.67. The molecule has 2 rings (SSSR count). The summed E-state index contributed by atoms with van der Waals surface area (Å²) in [4.78, 5) is 20.8. The standard InChI is InChI=1S/C16H21N5OS.HI/c1-11-8-18-15(23-11)10-20-16(17-3)19-9-13-5-4-6-14(7-13)21-12(2)22;/h4-8H,9-10H2,1-3H3,(H,21,22)(H2,17,19,20);1H. The lowest BCUT2D eigenvalue weighted by Gasteiger charge is -2.11. The van der Waals surface area contributed by atoms with Gasteiger partial charge in [0, 0.05) is 37.3 Å². The normalized spacial score (nSPS) is 10.7. The first kappa shape index (κ1) is 20.4. The first-order valence-electron chi connectivity index (χ1n) is 7.29. The van der Waals surface area contributed by atoms with Crippen LogP contribution in [0, 0.1) is 6.92 Å². The predicted octanol–water partition coefficient (Wildman–Crippen LogP) is 2.89. The van der Waals surface area contributed by atoms with Gasteiger partial charge in [-0.15, -0.1) is 35.3 Å². The minimum atomic E-state index is -0.0775. The molecule has 0 aliphatic rings. The lowest BCUT2D eigenvalue weighted by molar-refractivity contribution is -0.114. The molecule has 0 aliphatic carbocycles. The van der Waals surface area contributed by atoms with Crippen LogP contribution < -0.4 is 16.0 Å². The number of halogens is 1. The van der Waals surface area contributed by atoms with Crippen molar-refractivity contribution < 1.29 is 4.79 Å². The van der Waals surface area contributed by atoms with E-state index in [1.165, 1.54) is 11.8 Å². The predicted molar refractivity (Wildman–Crippen MR) is 110 cm³/mol. The zero-order chi connectivity index (χ0) is 16.7. The SMILES string of the molecule is CN=C(NCc1cccc(NC(C)=O)c1)NCc1ncc(C)s1.I. The van der Waals surface area contributed by atoms with Crippen LogP contribution in [0.25, 0.3) is 0 Å². The number of benzene rings is 1. The topological polar surface area (TPSA) is 78.4 Å². The molecule has 0 atom stereocenters. The molecule has 0 bridgehead atoms. The van der Waals surface area contributed by atoms with Crippen LogP contribution in [0.4, 0.5) is 5.69 Å². The molecule has 0 spiro atoms. The van der Waals surface area contributed by atoms with Crippen LogP contribution in [0.1, 0.15) is 22.4 Å². The van der Waals surface area contributed by atoms with Gasteiger partial charge in [0.25, 0.3) is 0 Å². The summed E-state index contributed by atoms with van der Waals surface area (Å²) in [5.74, 6) is 0.633. The third-order valence-electron chi connectivity index (χ3n) is 3.01. The molecule has 1 aromatic carbocycles. The molecule has 0 saturated carbocycles. The average molecular weight is 459 g/mol. The quantitative estimate of drug-likeness (QED) is 0.365. The maximum absolute atomic E-state index is 11.1. The van der Waals surface area contributed by atoms with E-state index in [1.807, 2.05) is 37.4 Å². The highest BCUT2D eigenvalue weighted by Crippen LogP contribution is 2.11. The zero-order valence-electron chi connectivity index (χ0n) is 13.9. The number of aliphatic imine (C=N–C) groups is 1. The van der Waals surface area contributed by atoms with Crippen molar-refractivity contribution in [1.29, 1.82) is 0 Å². The minimum absolute atomic E-state index is 0. The molecule has 8 heteroatoms. The molecule has 0 radical (unpaired) electrons. The lowest BCUT2D eigenvalue weighted by atomic mass is 10.2. The Kier molecular flexibility index (Phi) is 8.69. The van der Waals surface area contributed by atoms with Crippen LogP contribution in [0.15, 0.2) is 35.5 Å². The molecule has 0 fully saturated rings. The Morgan fingerprint density at radius 3 is 2.67 bits per heavy atom. The molecular weight excluding hydrogens is 437 g/mol. The molecule has 1 aromatic heterocycles. The number of amides is 1. The molecule has 24 heavy (non-hydrogen) atoms. The summed E-state index contributed by atoms with van der Waals surface area (Å²) in [6, 6.07) is 7.71. The van der Waals surface area contributed by atoms with Gasteiger partial charge in [0.1, 0.15) is 5.01 Å². The Morgan fingerprint density at radius 2 is 2.04 bits per heavy atom. The Morgan fingerprint density at radius 1 is 1.29 bits per heavy atom. The van der Waals surface area contributed by atoms with E-state index >= 15 is 0 Å². The highest BCUT2D eigenvalue weighted by Gasteiger charge is 2.03. The minimum Gasteiger partial charge on any atom is -0.352 e. The number of thiazole rings is 1. The first-order chi connectivity index (χ1) is 11.1. The van der Waals surface area contributed by atoms with E-state index in [1.54, 1.807) is 18.4 Å². The van der Waals surface area contributed by atoms with E-state index in [-0.39, 0.29) is 29.9 Å². The van der Waals surface area contributed by atoms with Gasteiger partial charge in [-0.25, -0.2) is 4.98 Å². The van der Waals surface area contributed by atoms with Crippen LogP contribution >= 0.6 is 35.3 Å². The number of carbonyl (C=O) groups is 1. The molecule has 3 N–H and O–H groups in total. The fourth-order valence-corrected chi connectivity index (χ4v) is 2.74. The van der Waals surface area contributed by atoms with Crippen molar-refractivity contribution >= 4 is 52.9 Å². The molecular formula is C16H22IN5OS. The average Bonchev–Trinajstić information content (AvgIpc) is 2.93. The molecule has 130 valence electrons. The van der Waals surface area contributed by atoms with Crippen molar-refractivity contribution in [2.45, 2.75) is 26.9 Å². The van der Waals surface area contributed by atoms with Gasteiger partial charge in [-0.05, 0) is 24.6 Å². The van der Waals surface area contributed by atoms with E-state index in [0.717, 1.165) is 16.3 Å². The fourth-order valence-electron chi connectivity index (χ4n) is 2.01. The van der Waals surface area contributed by atoms with Gasteiger partial charge in [-0.3, -0.25) is 9.79 Å². The van der Waals surface area contributed by atoms with E-state index < -0.39 is 0 Å². The number of carbonyl (C=O) groups excluding carboxylic acids is 1. The zero-order valence-corrected chi connectivity index (χ0v) is 17.1. The number of rotatable bonds is 5. The van der Waals surface area contributed by atoms with Gasteiger partial charge in [0.15, 0.2) is 5.96 Å².